The predicted molar refractivity (Wildman–Crippen MR) is 91.5 cm³/mol. The molecule has 3 aromatic rings. The van der Waals surface area contributed by atoms with Crippen molar-refractivity contribution in [3.05, 3.63) is 59.7 Å². The summed E-state index contributed by atoms with van der Waals surface area (Å²) in [5.41, 5.74) is 8.82. The van der Waals surface area contributed by atoms with E-state index in [1.807, 2.05) is 30.3 Å². The number of fused-ring (bicyclic) bond motifs is 1. The molecule has 2 aromatic carbocycles. The zero-order valence-electron chi connectivity index (χ0n) is 10.6. The largest absolute Gasteiger partial charge is 0.389 e. The molecule has 2 N–H and O–H groups in total. The lowest BCUT2D eigenvalue weighted by molar-refractivity contribution is 1.29. The molecular formula is C15H12N2S3. The van der Waals surface area contributed by atoms with Gasteiger partial charge in [-0.3, -0.25) is 0 Å². The number of aromatic nitrogens is 1. The van der Waals surface area contributed by atoms with Crippen LogP contribution in [0.5, 0.6) is 0 Å². The van der Waals surface area contributed by atoms with E-state index >= 15 is 0 Å². The van der Waals surface area contributed by atoms with Crippen molar-refractivity contribution in [3.8, 4) is 0 Å². The number of thiocarbonyl (C=S) groups is 1. The summed E-state index contributed by atoms with van der Waals surface area (Å²) in [4.78, 5) is 5.05. The number of thiazole rings is 1. The van der Waals surface area contributed by atoms with Gasteiger partial charge in [-0.15, -0.1) is 11.3 Å². The molecule has 0 saturated carbocycles. The van der Waals surface area contributed by atoms with Crippen molar-refractivity contribution in [3.63, 3.8) is 0 Å². The molecule has 1 aromatic heterocycles. The summed E-state index contributed by atoms with van der Waals surface area (Å²) in [7, 11) is 0. The molecule has 0 aliphatic rings. The summed E-state index contributed by atoms with van der Waals surface area (Å²) in [6.45, 7) is 0. The molecule has 0 atom stereocenters. The number of thioether (sulfide) groups is 1. The maximum Gasteiger partial charge on any atom is 0.151 e. The van der Waals surface area contributed by atoms with Gasteiger partial charge < -0.3 is 5.73 Å². The Hall–Kier alpha value is -1.43. The van der Waals surface area contributed by atoms with Crippen molar-refractivity contribution < 1.29 is 0 Å². The summed E-state index contributed by atoms with van der Waals surface area (Å²) in [5, 5.41) is 0. The van der Waals surface area contributed by atoms with Gasteiger partial charge in [0, 0.05) is 11.3 Å². The number of nitrogens with two attached hydrogens (primary N) is 1. The van der Waals surface area contributed by atoms with E-state index in [4.69, 9.17) is 18.0 Å². The first-order valence-electron chi connectivity index (χ1n) is 6.09. The number of hydrogen-bond acceptors (Lipinski definition) is 4. The van der Waals surface area contributed by atoms with Crippen LogP contribution in [0.2, 0.25) is 0 Å². The first-order valence-corrected chi connectivity index (χ1v) is 8.30. The standard InChI is InChI=1S/C15H12N2S3/c16-14(18)11-7-5-10(6-8-11)9-19-15-17-12-3-1-2-4-13(12)20-15/h1-8H,9H2,(H2,16,18). The van der Waals surface area contributed by atoms with Gasteiger partial charge in [0.1, 0.15) is 4.99 Å². The van der Waals surface area contributed by atoms with Crippen LogP contribution in [-0.2, 0) is 5.75 Å². The lowest BCUT2D eigenvalue weighted by Gasteiger charge is -2.01. The van der Waals surface area contributed by atoms with E-state index in [2.05, 4.69) is 23.2 Å². The SMILES string of the molecule is NC(=S)c1ccc(CSc2nc3ccccc3s2)cc1. The molecule has 1 heterocycles. The van der Waals surface area contributed by atoms with Crippen molar-refractivity contribution >= 4 is 50.5 Å². The summed E-state index contributed by atoms with van der Waals surface area (Å²) in [6, 6.07) is 16.3. The van der Waals surface area contributed by atoms with E-state index in [1.165, 1.54) is 10.3 Å². The van der Waals surface area contributed by atoms with Gasteiger partial charge in [-0.05, 0) is 17.7 Å². The van der Waals surface area contributed by atoms with Gasteiger partial charge >= 0.3 is 0 Å². The maximum absolute atomic E-state index is 5.59. The van der Waals surface area contributed by atoms with Gasteiger partial charge in [0.05, 0.1) is 10.2 Å². The third kappa shape index (κ3) is 3.00. The van der Waals surface area contributed by atoms with Gasteiger partial charge in [-0.1, -0.05) is 60.4 Å². The highest BCUT2D eigenvalue weighted by Gasteiger charge is 2.04. The Morgan fingerprint density at radius 3 is 2.60 bits per heavy atom. The number of nitrogens with zero attached hydrogens (tertiary/aromatic N) is 1. The second kappa shape index (κ2) is 5.91. The molecule has 5 heteroatoms. The maximum atomic E-state index is 5.59. The van der Waals surface area contributed by atoms with E-state index in [9.17, 15) is 0 Å². The van der Waals surface area contributed by atoms with E-state index in [0.29, 0.717) is 4.99 Å². The predicted octanol–water partition coefficient (Wildman–Crippen LogP) is 4.22. The van der Waals surface area contributed by atoms with E-state index < -0.39 is 0 Å². The fraction of sp³-hybridized carbons (Fsp3) is 0.0667. The van der Waals surface area contributed by atoms with Gasteiger partial charge in [-0.2, -0.15) is 0 Å². The summed E-state index contributed by atoms with van der Waals surface area (Å²) >= 11 is 8.44. The van der Waals surface area contributed by atoms with Gasteiger partial charge in [0.2, 0.25) is 0 Å². The molecule has 3 rings (SSSR count). The van der Waals surface area contributed by atoms with E-state index in [0.717, 1.165) is 21.2 Å². The third-order valence-corrected chi connectivity index (χ3v) is 5.36. The second-order valence-electron chi connectivity index (χ2n) is 4.30. The number of benzene rings is 2. The fourth-order valence-corrected chi connectivity index (χ4v) is 3.98. The highest BCUT2D eigenvalue weighted by atomic mass is 32.2. The van der Waals surface area contributed by atoms with Crippen LogP contribution in [-0.4, -0.2) is 9.97 Å². The van der Waals surface area contributed by atoms with Crippen molar-refractivity contribution in [2.75, 3.05) is 0 Å². The first kappa shape index (κ1) is 13.5. The molecule has 0 saturated heterocycles. The Morgan fingerprint density at radius 1 is 1.15 bits per heavy atom. The topological polar surface area (TPSA) is 38.9 Å². The molecular weight excluding hydrogens is 304 g/mol. The Morgan fingerprint density at radius 2 is 1.90 bits per heavy atom. The first-order chi connectivity index (χ1) is 9.72. The van der Waals surface area contributed by atoms with Crippen molar-refractivity contribution in [1.82, 2.24) is 4.98 Å². The zero-order valence-corrected chi connectivity index (χ0v) is 13.0. The van der Waals surface area contributed by atoms with E-state index in [1.54, 1.807) is 23.1 Å². The monoisotopic (exact) mass is 316 g/mol. The molecule has 0 bridgehead atoms. The van der Waals surface area contributed by atoms with Crippen LogP contribution >= 0.6 is 35.3 Å². The van der Waals surface area contributed by atoms with Gasteiger partial charge in [0.25, 0.3) is 0 Å². The average molecular weight is 316 g/mol. The molecule has 0 fully saturated rings. The lowest BCUT2D eigenvalue weighted by atomic mass is 10.1. The Kier molecular flexibility index (Phi) is 4.00. The Labute approximate surface area is 131 Å². The van der Waals surface area contributed by atoms with Crippen LogP contribution in [0.15, 0.2) is 52.9 Å². The highest BCUT2D eigenvalue weighted by Crippen LogP contribution is 2.31. The number of hydrogen-bond donors (Lipinski definition) is 1. The summed E-state index contributed by atoms with van der Waals surface area (Å²) in [5.74, 6) is 0.900. The number of para-hydroxylation sites is 1. The van der Waals surface area contributed by atoms with Crippen LogP contribution in [0.4, 0.5) is 0 Å². The molecule has 0 unspecified atom stereocenters. The second-order valence-corrected chi connectivity index (χ2v) is 6.99. The van der Waals surface area contributed by atoms with Crippen LogP contribution in [0.25, 0.3) is 10.2 Å². The molecule has 100 valence electrons. The number of rotatable bonds is 4. The molecule has 0 spiro atoms. The fourth-order valence-electron chi connectivity index (χ4n) is 1.82. The quantitative estimate of drug-likeness (QED) is 0.578. The van der Waals surface area contributed by atoms with Gasteiger partial charge in [-0.25, -0.2) is 4.98 Å². The Bertz CT molecular complexity index is 714. The minimum absolute atomic E-state index is 0.440. The molecule has 0 aliphatic heterocycles. The minimum atomic E-state index is 0.440. The van der Waals surface area contributed by atoms with Crippen molar-refractivity contribution in [2.45, 2.75) is 10.1 Å². The minimum Gasteiger partial charge on any atom is -0.389 e. The molecule has 0 radical (unpaired) electrons. The van der Waals surface area contributed by atoms with Crippen LogP contribution in [0, 0.1) is 0 Å². The molecule has 0 amide bonds. The molecule has 2 nitrogen and oxygen atoms in total. The van der Waals surface area contributed by atoms with Crippen LogP contribution in [0.1, 0.15) is 11.1 Å². The zero-order chi connectivity index (χ0) is 13.9. The Balaban J connectivity index is 1.71. The van der Waals surface area contributed by atoms with Crippen LogP contribution < -0.4 is 5.73 Å². The normalized spacial score (nSPS) is 10.8. The lowest BCUT2D eigenvalue weighted by Crippen LogP contribution is -2.08. The van der Waals surface area contributed by atoms with Crippen LogP contribution in [0.3, 0.4) is 0 Å². The smallest absolute Gasteiger partial charge is 0.151 e. The van der Waals surface area contributed by atoms with Gasteiger partial charge in [0.15, 0.2) is 4.34 Å². The summed E-state index contributed by atoms with van der Waals surface area (Å²) in [6.07, 6.45) is 0. The third-order valence-electron chi connectivity index (χ3n) is 2.88. The molecule has 0 aliphatic carbocycles. The van der Waals surface area contributed by atoms with Crippen molar-refractivity contribution in [2.24, 2.45) is 5.73 Å². The van der Waals surface area contributed by atoms with Crippen molar-refractivity contribution in [1.29, 1.82) is 0 Å². The van der Waals surface area contributed by atoms with E-state index in [-0.39, 0.29) is 0 Å². The highest BCUT2D eigenvalue weighted by molar-refractivity contribution is 8.00. The molecule has 20 heavy (non-hydrogen) atoms. The summed E-state index contributed by atoms with van der Waals surface area (Å²) < 4.78 is 2.34. The average Bonchev–Trinajstić information content (AvgIpc) is 2.88.